The van der Waals surface area contributed by atoms with Gasteiger partial charge in [0.25, 0.3) is 0 Å². The van der Waals surface area contributed by atoms with Crippen molar-refractivity contribution in [2.45, 2.75) is 6.92 Å². The summed E-state index contributed by atoms with van der Waals surface area (Å²) in [6, 6.07) is 26.5. The first kappa shape index (κ1) is 16.1. The van der Waals surface area contributed by atoms with Crippen LogP contribution in [0.15, 0.2) is 85.1 Å². The molecule has 0 aliphatic heterocycles. The Labute approximate surface area is 153 Å². The molecule has 0 bridgehead atoms. The second-order valence-corrected chi connectivity index (χ2v) is 6.19. The van der Waals surface area contributed by atoms with E-state index in [2.05, 4.69) is 53.5 Å². The zero-order valence-electron chi connectivity index (χ0n) is 14.6. The van der Waals surface area contributed by atoms with E-state index in [-0.39, 0.29) is 0 Å². The standard InChI is InChI=1S/C24H19NO/c1-18-17-25-21(16-24(18)26-22-11-3-2-4-12-22)15-14-20-10-7-9-19-8-5-6-13-23(19)20/h2-17H,1H3. The maximum absolute atomic E-state index is 6.00. The molecular weight excluding hydrogens is 318 g/mol. The average molecular weight is 337 g/mol. The summed E-state index contributed by atoms with van der Waals surface area (Å²) in [5.41, 5.74) is 3.06. The molecule has 1 aromatic heterocycles. The van der Waals surface area contributed by atoms with Crippen molar-refractivity contribution in [2.24, 2.45) is 0 Å². The normalized spacial score (nSPS) is 11.1. The van der Waals surface area contributed by atoms with Gasteiger partial charge in [-0.1, -0.05) is 66.7 Å². The summed E-state index contributed by atoms with van der Waals surface area (Å²) in [6.07, 6.45) is 5.98. The number of rotatable bonds is 4. The van der Waals surface area contributed by atoms with Crippen LogP contribution in [0.5, 0.6) is 11.5 Å². The van der Waals surface area contributed by atoms with Crippen LogP contribution in [0, 0.1) is 6.92 Å². The van der Waals surface area contributed by atoms with Crippen molar-refractivity contribution in [3.8, 4) is 11.5 Å². The lowest BCUT2D eigenvalue weighted by molar-refractivity contribution is 0.478. The van der Waals surface area contributed by atoms with E-state index in [0.717, 1.165) is 22.8 Å². The quantitative estimate of drug-likeness (QED) is 0.424. The third kappa shape index (κ3) is 3.50. The predicted octanol–water partition coefficient (Wildman–Crippen LogP) is 6.51. The molecule has 0 atom stereocenters. The number of nitrogens with zero attached hydrogens (tertiary/aromatic N) is 1. The Bertz CT molecular complexity index is 1060. The molecule has 2 nitrogen and oxygen atoms in total. The van der Waals surface area contributed by atoms with Crippen LogP contribution in [0.2, 0.25) is 0 Å². The van der Waals surface area contributed by atoms with E-state index in [0.29, 0.717) is 0 Å². The summed E-state index contributed by atoms with van der Waals surface area (Å²) >= 11 is 0. The lowest BCUT2D eigenvalue weighted by Gasteiger charge is -2.09. The summed E-state index contributed by atoms with van der Waals surface area (Å²) in [5.74, 6) is 1.65. The number of ether oxygens (including phenoxy) is 1. The van der Waals surface area contributed by atoms with Gasteiger partial charge in [0.15, 0.2) is 0 Å². The van der Waals surface area contributed by atoms with Crippen molar-refractivity contribution in [1.82, 2.24) is 4.98 Å². The Balaban J connectivity index is 1.64. The van der Waals surface area contributed by atoms with Gasteiger partial charge in [-0.2, -0.15) is 0 Å². The summed E-state index contributed by atoms with van der Waals surface area (Å²) < 4.78 is 6.00. The van der Waals surface area contributed by atoms with Crippen LogP contribution in [0.25, 0.3) is 22.9 Å². The topological polar surface area (TPSA) is 22.1 Å². The van der Waals surface area contributed by atoms with E-state index in [1.54, 1.807) is 0 Å². The van der Waals surface area contributed by atoms with E-state index in [4.69, 9.17) is 4.74 Å². The fourth-order valence-electron chi connectivity index (χ4n) is 2.91. The molecule has 0 spiro atoms. The molecule has 0 unspecified atom stereocenters. The molecule has 0 aliphatic rings. The van der Waals surface area contributed by atoms with Gasteiger partial charge in [0.1, 0.15) is 11.5 Å². The first-order valence-electron chi connectivity index (χ1n) is 8.65. The maximum atomic E-state index is 6.00. The van der Waals surface area contributed by atoms with Gasteiger partial charge in [-0.05, 0) is 41.5 Å². The van der Waals surface area contributed by atoms with Crippen LogP contribution < -0.4 is 4.74 Å². The Morgan fingerprint density at radius 3 is 2.46 bits per heavy atom. The lowest BCUT2D eigenvalue weighted by atomic mass is 10.0. The molecule has 4 rings (SSSR count). The molecule has 4 aromatic rings. The summed E-state index contributed by atoms with van der Waals surface area (Å²) in [4.78, 5) is 4.51. The number of aryl methyl sites for hydroxylation is 1. The zero-order chi connectivity index (χ0) is 17.8. The molecule has 0 radical (unpaired) electrons. The first-order chi connectivity index (χ1) is 12.8. The summed E-state index contributed by atoms with van der Waals surface area (Å²) in [7, 11) is 0. The highest BCUT2D eigenvalue weighted by Crippen LogP contribution is 2.26. The van der Waals surface area contributed by atoms with Gasteiger partial charge in [0, 0.05) is 17.8 Å². The predicted molar refractivity (Wildman–Crippen MR) is 108 cm³/mol. The molecule has 0 fully saturated rings. The van der Waals surface area contributed by atoms with Gasteiger partial charge in [-0.15, -0.1) is 0 Å². The van der Waals surface area contributed by atoms with Crippen LogP contribution in [0.4, 0.5) is 0 Å². The van der Waals surface area contributed by atoms with Crippen molar-refractivity contribution in [3.63, 3.8) is 0 Å². The molecule has 0 amide bonds. The van der Waals surface area contributed by atoms with Gasteiger partial charge in [0.2, 0.25) is 0 Å². The highest BCUT2D eigenvalue weighted by Gasteiger charge is 2.03. The lowest BCUT2D eigenvalue weighted by Crippen LogP contribution is -1.90. The second-order valence-electron chi connectivity index (χ2n) is 6.19. The van der Waals surface area contributed by atoms with E-state index >= 15 is 0 Å². The average Bonchev–Trinajstić information content (AvgIpc) is 2.69. The Morgan fingerprint density at radius 1 is 0.808 bits per heavy atom. The molecule has 3 aromatic carbocycles. The number of benzene rings is 3. The molecule has 0 aliphatic carbocycles. The number of para-hydroxylation sites is 1. The Kier molecular flexibility index (Phi) is 4.48. The van der Waals surface area contributed by atoms with Crippen molar-refractivity contribution in [1.29, 1.82) is 0 Å². The molecular formula is C24H19NO. The van der Waals surface area contributed by atoms with Crippen molar-refractivity contribution in [2.75, 3.05) is 0 Å². The molecule has 1 heterocycles. The molecule has 26 heavy (non-hydrogen) atoms. The largest absolute Gasteiger partial charge is 0.457 e. The first-order valence-corrected chi connectivity index (χ1v) is 8.65. The number of hydrogen-bond acceptors (Lipinski definition) is 2. The van der Waals surface area contributed by atoms with E-state index in [9.17, 15) is 0 Å². The Hall–Kier alpha value is -3.39. The fourth-order valence-corrected chi connectivity index (χ4v) is 2.91. The van der Waals surface area contributed by atoms with E-state index < -0.39 is 0 Å². The third-order valence-corrected chi connectivity index (χ3v) is 4.30. The van der Waals surface area contributed by atoms with Crippen molar-refractivity contribution < 1.29 is 4.74 Å². The van der Waals surface area contributed by atoms with Gasteiger partial charge < -0.3 is 4.74 Å². The van der Waals surface area contributed by atoms with Crippen molar-refractivity contribution >= 4 is 22.9 Å². The van der Waals surface area contributed by atoms with Crippen LogP contribution in [0.3, 0.4) is 0 Å². The van der Waals surface area contributed by atoms with Crippen LogP contribution >= 0.6 is 0 Å². The maximum Gasteiger partial charge on any atom is 0.134 e. The van der Waals surface area contributed by atoms with Crippen LogP contribution in [0.1, 0.15) is 16.8 Å². The molecule has 126 valence electrons. The molecule has 0 N–H and O–H groups in total. The van der Waals surface area contributed by atoms with Gasteiger partial charge >= 0.3 is 0 Å². The van der Waals surface area contributed by atoms with Gasteiger partial charge in [-0.25, -0.2) is 0 Å². The SMILES string of the molecule is Cc1cnc(C=Cc2cccc3ccccc23)cc1Oc1ccccc1. The highest BCUT2D eigenvalue weighted by atomic mass is 16.5. The smallest absolute Gasteiger partial charge is 0.134 e. The number of pyridine rings is 1. The molecule has 2 heteroatoms. The minimum Gasteiger partial charge on any atom is -0.457 e. The minimum atomic E-state index is 0.823. The third-order valence-electron chi connectivity index (χ3n) is 4.30. The second kappa shape index (κ2) is 7.24. The number of aromatic nitrogens is 1. The molecule has 0 saturated heterocycles. The van der Waals surface area contributed by atoms with Gasteiger partial charge in [-0.3, -0.25) is 4.98 Å². The fraction of sp³-hybridized carbons (Fsp3) is 0.0417. The highest BCUT2D eigenvalue weighted by molar-refractivity contribution is 5.92. The number of fused-ring (bicyclic) bond motifs is 1. The van der Waals surface area contributed by atoms with Crippen LogP contribution in [-0.2, 0) is 0 Å². The van der Waals surface area contributed by atoms with E-state index in [1.165, 1.54) is 16.3 Å². The Morgan fingerprint density at radius 2 is 1.58 bits per heavy atom. The van der Waals surface area contributed by atoms with Crippen molar-refractivity contribution in [3.05, 3.63) is 102 Å². The monoisotopic (exact) mass is 337 g/mol. The van der Waals surface area contributed by atoms with Crippen LogP contribution in [-0.4, -0.2) is 4.98 Å². The number of hydrogen-bond donors (Lipinski definition) is 0. The zero-order valence-corrected chi connectivity index (χ0v) is 14.6. The van der Waals surface area contributed by atoms with E-state index in [1.807, 2.05) is 55.6 Å². The summed E-state index contributed by atoms with van der Waals surface area (Å²) in [5, 5.41) is 2.47. The van der Waals surface area contributed by atoms with Gasteiger partial charge in [0.05, 0.1) is 5.69 Å². The minimum absolute atomic E-state index is 0.823. The molecule has 0 saturated carbocycles. The summed E-state index contributed by atoms with van der Waals surface area (Å²) in [6.45, 7) is 2.00.